The first-order chi connectivity index (χ1) is 12.9. The van der Waals surface area contributed by atoms with Crippen molar-refractivity contribution in [2.75, 3.05) is 18.4 Å². The van der Waals surface area contributed by atoms with Crippen LogP contribution in [0.5, 0.6) is 0 Å². The zero-order valence-corrected chi connectivity index (χ0v) is 17.3. The zero-order chi connectivity index (χ0) is 19.6. The van der Waals surface area contributed by atoms with Crippen LogP contribution in [-0.2, 0) is 9.59 Å². The first-order valence-electron chi connectivity index (χ1n) is 10.6. The van der Waals surface area contributed by atoms with E-state index in [9.17, 15) is 9.59 Å². The molecule has 0 unspecified atom stereocenters. The monoisotopic (exact) mass is 370 g/mol. The first-order valence-corrected chi connectivity index (χ1v) is 10.6. The minimum absolute atomic E-state index is 0.0509. The highest BCUT2D eigenvalue weighted by molar-refractivity contribution is 6.13. The molecule has 2 fully saturated rings. The molecule has 27 heavy (non-hydrogen) atoms. The summed E-state index contributed by atoms with van der Waals surface area (Å²) in [5.41, 5.74) is 2.38. The minimum atomic E-state index is -0.831. The molecule has 1 aromatic rings. The van der Waals surface area contributed by atoms with Gasteiger partial charge in [0.15, 0.2) is 0 Å². The Morgan fingerprint density at radius 3 is 1.89 bits per heavy atom. The number of anilines is 1. The van der Waals surface area contributed by atoms with Gasteiger partial charge in [-0.25, -0.2) is 0 Å². The molecule has 148 valence electrons. The summed E-state index contributed by atoms with van der Waals surface area (Å²) < 4.78 is 0. The van der Waals surface area contributed by atoms with E-state index in [-0.39, 0.29) is 11.8 Å². The van der Waals surface area contributed by atoms with Crippen LogP contribution < -0.4 is 5.32 Å². The number of hydrogen-bond acceptors (Lipinski definition) is 2. The highest BCUT2D eigenvalue weighted by Crippen LogP contribution is 2.49. The van der Waals surface area contributed by atoms with Crippen LogP contribution in [0.15, 0.2) is 18.2 Å². The number of carbonyl (C=O) groups is 2. The van der Waals surface area contributed by atoms with Crippen LogP contribution in [0.1, 0.15) is 89.2 Å². The molecular formula is C23H34N2O2. The molecule has 0 spiro atoms. The lowest BCUT2D eigenvalue weighted by Crippen LogP contribution is -2.43. The molecule has 0 atom stereocenters. The van der Waals surface area contributed by atoms with Gasteiger partial charge in [0.1, 0.15) is 5.41 Å². The fourth-order valence-electron chi connectivity index (χ4n) is 4.17. The van der Waals surface area contributed by atoms with Crippen LogP contribution in [0, 0.1) is 5.41 Å². The average molecular weight is 371 g/mol. The van der Waals surface area contributed by atoms with Crippen molar-refractivity contribution in [1.82, 2.24) is 4.90 Å². The molecule has 3 rings (SSSR count). The molecule has 0 bridgehead atoms. The van der Waals surface area contributed by atoms with E-state index in [4.69, 9.17) is 0 Å². The van der Waals surface area contributed by atoms with Crippen molar-refractivity contribution >= 4 is 17.5 Å². The van der Waals surface area contributed by atoms with Crippen molar-refractivity contribution in [2.24, 2.45) is 5.41 Å². The van der Waals surface area contributed by atoms with Gasteiger partial charge >= 0.3 is 0 Å². The van der Waals surface area contributed by atoms with Gasteiger partial charge in [-0.05, 0) is 48.6 Å². The summed E-state index contributed by atoms with van der Waals surface area (Å²) >= 11 is 0. The third kappa shape index (κ3) is 4.04. The van der Waals surface area contributed by atoms with Crippen LogP contribution in [0.4, 0.5) is 5.69 Å². The maximum absolute atomic E-state index is 13.3. The van der Waals surface area contributed by atoms with Crippen molar-refractivity contribution in [3.8, 4) is 0 Å². The number of para-hydroxylation sites is 1. The van der Waals surface area contributed by atoms with Crippen molar-refractivity contribution in [1.29, 1.82) is 0 Å². The van der Waals surface area contributed by atoms with Crippen LogP contribution in [-0.4, -0.2) is 29.8 Å². The normalized spacial score (nSPS) is 19.1. The van der Waals surface area contributed by atoms with E-state index in [2.05, 4.69) is 51.2 Å². The number of nitrogens with zero attached hydrogens (tertiary/aromatic N) is 1. The van der Waals surface area contributed by atoms with Crippen LogP contribution >= 0.6 is 0 Å². The lowest BCUT2D eigenvalue weighted by atomic mass is 9.92. The summed E-state index contributed by atoms with van der Waals surface area (Å²) in [5.74, 6) is 0.577. The molecular weight excluding hydrogens is 336 g/mol. The lowest BCUT2D eigenvalue weighted by molar-refractivity contribution is -0.142. The number of benzene rings is 1. The summed E-state index contributed by atoms with van der Waals surface area (Å²) in [7, 11) is 0. The van der Waals surface area contributed by atoms with Gasteiger partial charge in [-0.2, -0.15) is 0 Å². The Morgan fingerprint density at radius 2 is 1.44 bits per heavy atom. The van der Waals surface area contributed by atoms with Gasteiger partial charge in [0.05, 0.1) is 0 Å². The number of rotatable bonds is 5. The molecule has 1 saturated carbocycles. The molecule has 0 radical (unpaired) electrons. The van der Waals surface area contributed by atoms with Crippen LogP contribution in [0.3, 0.4) is 0 Å². The molecule has 0 aromatic heterocycles. The molecule has 1 aliphatic heterocycles. The second kappa shape index (κ2) is 8.04. The van der Waals surface area contributed by atoms with E-state index in [1.165, 1.54) is 12.8 Å². The SMILES string of the molecule is CC(C)c1cccc(C(C)C)c1NC(=O)C1(C(=O)N2CCCCCC2)CC1. The quantitative estimate of drug-likeness (QED) is 0.737. The molecule has 1 N–H and O–H groups in total. The van der Waals surface area contributed by atoms with Gasteiger partial charge in [-0.1, -0.05) is 58.7 Å². The molecule has 4 nitrogen and oxygen atoms in total. The minimum Gasteiger partial charge on any atom is -0.342 e. The topological polar surface area (TPSA) is 49.4 Å². The standard InChI is InChI=1S/C23H34N2O2/c1-16(2)18-10-9-11-19(17(3)4)20(18)24-21(26)23(12-13-23)22(27)25-14-7-5-6-8-15-25/h9-11,16-17H,5-8,12-15H2,1-4H3,(H,24,26). The summed E-state index contributed by atoms with van der Waals surface area (Å²) in [6, 6.07) is 6.24. The second-order valence-corrected chi connectivity index (χ2v) is 8.86. The maximum atomic E-state index is 13.3. The van der Waals surface area contributed by atoms with Gasteiger partial charge in [-0.15, -0.1) is 0 Å². The highest BCUT2D eigenvalue weighted by Gasteiger charge is 2.58. The number of carbonyl (C=O) groups excluding carboxylic acids is 2. The van der Waals surface area contributed by atoms with E-state index in [1.807, 2.05) is 4.90 Å². The van der Waals surface area contributed by atoms with Gasteiger partial charge in [-0.3, -0.25) is 9.59 Å². The van der Waals surface area contributed by atoms with E-state index >= 15 is 0 Å². The van der Waals surface area contributed by atoms with Gasteiger partial charge in [0, 0.05) is 18.8 Å². The Bertz CT molecular complexity index is 670. The van der Waals surface area contributed by atoms with E-state index in [0.29, 0.717) is 24.7 Å². The van der Waals surface area contributed by atoms with Crippen LogP contribution in [0.25, 0.3) is 0 Å². The average Bonchev–Trinajstić information content (AvgIpc) is 3.45. The largest absolute Gasteiger partial charge is 0.342 e. The first kappa shape index (κ1) is 19.9. The van der Waals surface area contributed by atoms with Crippen LogP contribution in [0.2, 0.25) is 0 Å². The van der Waals surface area contributed by atoms with Crippen molar-refractivity contribution in [2.45, 2.75) is 78.1 Å². The molecule has 4 heteroatoms. The van der Waals surface area contributed by atoms with E-state index in [0.717, 1.165) is 42.7 Å². The second-order valence-electron chi connectivity index (χ2n) is 8.86. The lowest BCUT2D eigenvalue weighted by Gasteiger charge is -2.27. The van der Waals surface area contributed by atoms with E-state index in [1.54, 1.807) is 0 Å². The third-order valence-corrected chi connectivity index (χ3v) is 6.10. The predicted molar refractivity (Wildman–Crippen MR) is 110 cm³/mol. The number of hydrogen-bond donors (Lipinski definition) is 1. The Hall–Kier alpha value is -1.84. The number of likely N-dealkylation sites (tertiary alicyclic amines) is 1. The number of nitrogens with one attached hydrogen (secondary N) is 1. The highest BCUT2D eigenvalue weighted by atomic mass is 16.2. The maximum Gasteiger partial charge on any atom is 0.240 e. The Balaban J connectivity index is 1.84. The number of amides is 2. The Kier molecular flexibility index (Phi) is 5.92. The smallest absolute Gasteiger partial charge is 0.240 e. The van der Waals surface area contributed by atoms with Gasteiger partial charge in [0.25, 0.3) is 0 Å². The fourth-order valence-corrected chi connectivity index (χ4v) is 4.17. The van der Waals surface area contributed by atoms with E-state index < -0.39 is 5.41 Å². The summed E-state index contributed by atoms with van der Waals surface area (Å²) in [5, 5.41) is 3.19. The van der Waals surface area contributed by atoms with Crippen molar-refractivity contribution < 1.29 is 9.59 Å². The fraction of sp³-hybridized carbons (Fsp3) is 0.652. The molecule has 1 heterocycles. The molecule has 1 saturated heterocycles. The Labute approximate surface area is 163 Å². The summed E-state index contributed by atoms with van der Waals surface area (Å²) in [4.78, 5) is 28.4. The predicted octanol–water partition coefficient (Wildman–Crippen LogP) is 5.05. The van der Waals surface area contributed by atoms with Crippen molar-refractivity contribution in [3.63, 3.8) is 0 Å². The molecule has 2 aliphatic rings. The zero-order valence-electron chi connectivity index (χ0n) is 17.3. The Morgan fingerprint density at radius 1 is 0.926 bits per heavy atom. The van der Waals surface area contributed by atoms with Gasteiger partial charge in [0.2, 0.25) is 11.8 Å². The summed E-state index contributed by atoms with van der Waals surface area (Å²) in [6.45, 7) is 10.2. The molecule has 1 aliphatic carbocycles. The van der Waals surface area contributed by atoms with Crippen molar-refractivity contribution in [3.05, 3.63) is 29.3 Å². The molecule has 1 aromatic carbocycles. The summed E-state index contributed by atoms with van der Waals surface area (Å²) in [6.07, 6.45) is 5.82. The third-order valence-electron chi connectivity index (χ3n) is 6.10. The van der Waals surface area contributed by atoms with Gasteiger partial charge < -0.3 is 10.2 Å². The molecule has 2 amide bonds.